The van der Waals surface area contributed by atoms with Crippen molar-refractivity contribution < 1.29 is 27.8 Å². The minimum Gasteiger partial charge on any atom is -0.496 e. The summed E-state index contributed by atoms with van der Waals surface area (Å²) >= 11 is 0. The third-order valence-corrected chi connectivity index (χ3v) is 5.05. The molecule has 166 valence electrons. The number of likely N-dealkylation sites (tertiary alicyclic amines) is 1. The van der Waals surface area contributed by atoms with Crippen LogP contribution in [-0.4, -0.2) is 54.6 Å². The van der Waals surface area contributed by atoms with E-state index in [0.29, 0.717) is 38.4 Å². The Kier molecular flexibility index (Phi) is 6.88. The number of hydrogen-bond donors (Lipinski definition) is 2. The molecule has 1 aromatic heterocycles. The van der Waals surface area contributed by atoms with Gasteiger partial charge in [0.05, 0.1) is 19.3 Å². The number of anilines is 2. The molecule has 0 saturated carbocycles. The summed E-state index contributed by atoms with van der Waals surface area (Å²) in [7, 11) is 1.26. The van der Waals surface area contributed by atoms with Crippen molar-refractivity contribution in [3.05, 3.63) is 47.0 Å². The molecule has 1 amide bonds. The maximum Gasteiger partial charge on any atom is 0.409 e. The monoisotopic (exact) mass is 434 g/mol. The van der Waals surface area contributed by atoms with Crippen LogP contribution in [0.3, 0.4) is 0 Å². The normalized spacial score (nSPS) is 14.3. The van der Waals surface area contributed by atoms with E-state index in [1.54, 1.807) is 17.9 Å². The van der Waals surface area contributed by atoms with Crippen LogP contribution in [0.2, 0.25) is 0 Å². The van der Waals surface area contributed by atoms with E-state index in [2.05, 4.69) is 10.3 Å². The van der Waals surface area contributed by atoms with E-state index < -0.39 is 23.0 Å². The second kappa shape index (κ2) is 9.59. The molecule has 10 heteroatoms. The van der Waals surface area contributed by atoms with Gasteiger partial charge in [0.15, 0.2) is 11.6 Å². The molecule has 0 spiro atoms. The zero-order chi connectivity index (χ0) is 22.5. The number of carbonyl (C=O) groups is 2. The van der Waals surface area contributed by atoms with E-state index >= 15 is 0 Å². The maximum absolute atomic E-state index is 14.3. The van der Waals surface area contributed by atoms with Gasteiger partial charge in [-0.3, -0.25) is 4.79 Å². The van der Waals surface area contributed by atoms with Crippen LogP contribution in [0, 0.1) is 11.6 Å². The highest BCUT2D eigenvalue weighted by molar-refractivity contribution is 6.13. The van der Waals surface area contributed by atoms with E-state index in [1.807, 2.05) is 0 Å². The second-order valence-electron chi connectivity index (χ2n) is 7.00. The Morgan fingerprint density at radius 3 is 2.55 bits per heavy atom. The number of nitrogens with zero attached hydrogens (tertiary/aromatic N) is 2. The fourth-order valence-corrected chi connectivity index (χ4v) is 3.43. The average molecular weight is 434 g/mol. The van der Waals surface area contributed by atoms with E-state index in [1.165, 1.54) is 19.2 Å². The molecule has 2 heterocycles. The number of aromatic nitrogens is 1. The summed E-state index contributed by atoms with van der Waals surface area (Å²) in [6.07, 6.45) is 1.05. The van der Waals surface area contributed by atoms with Crippen LogP contribution < -0.4 is 15.8 Å². The van der Waals surface area contributed by atoms with Gasteiger partial charge in [-0.05, 0) is 44.0 Å². The predicted molar refractivity (Wildman–Crippen MR) is 110 cm³/mol. The van der Waals surface area contributed by atoms with Gasteiger partial charge in [0, 0.05) is 19.1 Å². The number of nitrogen functional groups attached to an aromatic ring is 1. The average Bonchev–Trinajstić information content (AvgIpc) is 2.76. The van der Waals surface area contributed by atoms with Crippen LogP contribution >= 0.6 is 0 Å². The Bertz CT molecular complexity index is 978. The molecule has 1 fully saturated rings. The Labute approximate surface area is 178 Å². The minimum absolute atomic E-state index is 0.0554. The fourth-order valence-electron chi connectivity index (χ4n) is 3.43. The van der Waals surface area contributed by atoms with Gasteiger partial charge in [-0.15, -0.1) is 0 Å². The van der Waals surface area contributed by atoms with E-state index in [-0.39, 0.29) is 29.3 Å². The first-order chi connectivity index (χ1) is 14.8. The highest BCUT2D eigenvalue weighted by Gasteiger charge is 2.26. The topological polar surface area (TPSA) is 107 Å². The highest BCUT2D eigenvalue weighted by Crippen LogP contribution is 2.28. The number of hydrogen-bond acceptors (Lipinski definition) is 7. The number of benzene rings is 1. The molecule has 2 aromatic rings. The summed E-state index contributed by atoms with van der Waals surface area (Å²) in [5.41, 5.74) is 5.34. The number of methoxy groups -OCH3 is 1. The molecule has 3 rings (SSSR count). The van der Waals surface area contributed by atoms with Crippen molar-refractivity contribution >= 4 is 23.5 Å². The lowest BCUT2D eigenvalue weighted by Gasteiger charge is -2.31. The van der Waals surface area contributed by atoms with Gasteiger partial charge in [-0.1, -0.05) is 0 Å². The molecular formula is C21H24F2N4O4. The number of carbonyl (C=O) groups excluding carboxylic acids is 2. The zero-order valence-corrected chi connectivity index (χ0v) is 17.3. The van der Waals surface area contributed by atoms with Crippen LogP contribution in [0.15, 0.2) is 24.3 Å². The van der Waals surface area contributed by atoms with Crippen LogP contribution in [0.5, 0.6) is 5.75 Å². The number of rotatable bonds is 6. The summed E-state index contributed by atoms with van der Waals surface area (Å²) in [6.45, 7) is 3.18. The number of ether oxygens (including phenoxy) is 2. The standard InChI is InChI=1S/C21H24F2N4O4/c1-3-31-21(29)27-10-8-12(9-11-27)25-16-7-4-13(20(24)26-16)19(28)17-15(30-2)6-5-14(22)18(17)23/h4-7,12H,3,8-11H2,1-2H3,(H3,24,25,26). The molecule has 0 radical (unpaired) electrons. The molecule has 1 saturated heterocycles. The lowest BCUT2D eigenvalue weighted by atomic mass is 10.0. The van der Waals surface area contributed by atoms with Crippen LogP contribution in [0.4, 0.5) is 25.2 Å². The Hall–Kier alpha value is -3.43. The van der Waals surface area contributed by atoms with Crippen LogP contribution in [-0.2, 0) is 4.74 Å². The third kappa shape index (κ3) is 4.84. The molecule has 1 aromatic carbocycles. The number of nitrogens with two attached hydrogens (primary N) is 1. The molecular weight excluding hydrogens is 410 g/mol. The zero-order valence-electron chi connectivity index (χ0n) is 17.3. The first kappa shape index (κ1) is 22.3. The lowest BCUT2D eigenvalue weighted by Crippen LogP contribution is -2.42. The Morgan fingerprint density at radius 2 is 1.94 bits per heavy atom. The number of nitrogens with one attached hydrogen (secondary N) is 1. The van der Waals surface area contributed by atoms with Crippen molar-refractivity contribution in [2.24, 2.45) is 0 Å². The first-order valence-corrected chi connectivity index (χ1v) is 9.87. The van der Waals surface area contributed by atoms with Crippen molar-refractivity contribution in [3.63, 3.8) is 0 Å². The molecule has 31 heavy (non-hydrogen) atoms. The second-order valence-corrected chi connectivity index (χ2v) is 7.00. The van der Waals surface area contributed by atoms with Crippen molar-refractivity contribution in [1.29, 1.82) is 0 Å². The van der Waals surface area contributed by atoms with Crippen molar-refractivity contribution in [2.75, 3.05) is 37.9 Å². The molecule has 1 aliphatic heterocycles. The van der Waals surface area contributed by atoms with Gasteiger partial charge in [0.25, 0.3) is 0 Å². The lowest BCUT2D eigenvalue weighted by molar-refractivity contribution is 0.0982. The molecule has 1 aliphatic rings. The maximum atomic E-state index is 14.3. The summed E-state index contributed by atoms with van der Waals surface area (Å²) in [5.74, 6) is -3.07. The summed E-state index contributed by atoms with van der Waals surface area (Å²) in [5, 5.41) is 3.22. The van der Waals surface area contributed by atoms with E-state index in [9.17, 15) is 18.4 Å². The molecule has 8 nitrogen and oxygen atoms in total. The highest BCUT2D eigenvalue weighted by atomic mass is 19.2. The minimum atomic E-state index is -1.31. The van der Waals surface area contributed by atoms with Gasteiger partial charge in [-0.25, -0.2) is 18.6 Å². The summed E-state index contributed by atoms with van der Waals surface area (Å²) in [4.78, 5) is 30.4. The number of ketones is 1. The largest absolute Gasteiger partial charge is 0.496 e. The molecule has 0 atom stereocenters. The molecule has 0 unspecified atom stereocenters. The van der Waals surface area contributed by atoms with Crippen molar-refractivity contribution in [2.45, 2.75) is 25.8 Å². The molecule has 3 N–H and O–H groups in total. The first-order valence-electron chi connectivity index (χ1n) is 9.87. The van der Waals surface area contributed by atoms with Crippen LogP contribution in [0.25, 0.3) is 0 Å². The van der Waals surface area contributed by atoms with Gasteiger partial charge in [0.2, 0.25) is 5.78 Å². The molecule has 0 aliphatic carbocycles. The smallest absolute Gasteiger partial charge is 0.409 e. The quantitative estimate of drug-likeness (QED) is 0.673. The van der Waals surface area contributed by atoms with Gasteiger partial charge >= 0.3 is 6.09 Å². The molecule has 0 bridgehead atoms. The SMILES string of the molecule is CCOC(=O)N1CCC(Nc2ccc(C(=O)c3c(OC)ccc(F)c3F)c(N)n2)CC1. The third-order valence-electron chi connectivity index (χ3n) is 5.05. The predicted octanol–water partition coefficient (Wildman–Crippen LogP) is 3.21. The van der Waals surface area contributed by atoms with Crippen molar-refractivity contribution in [1.82, 2.24) is 9.88 Å². The van der Waals surface area contributed by atoms with E-state index in [0.717, 1.165) is 6.07 Å². The summed E-state index contributed by atoms with van der Waals surface area (Å²) < 4.78 is 37.9. The van der Waals surface area contributed by atoms with E-state index in [4.69, 9.17) is 15.2 Å². The van der Waals surface area contributed by atoms with Gasteiger partial charge in [-0.2, -0.15) is 0 Å². The summed E-state index contributed by atoms with van der Waals surface area (Å²) in [6, 6.07) is 5.07. The van der Waals surface area contributed by atoms with Gasteiger partial charge < -0.3 is 25.4 Å². The fraction of sp³-hybridized carbons (Fsp3) is 0.381. The number of piperidine rings is 1. The van der Waals surface area contributed by atoms with Crippen LogP contribution in [0.1, 0.15) is 35.7 Å². The van der Waals surface area contributed by atoms with Crippen molar-refractivity contribution in [3.8, 4) is 5.75 Å². The Morgan fingerprint density at radius 1 is 1.23 bits per heavy atom. The number of amides is 1. The Balaban J connectivity index is 1.71. The number of halogens is 2. The number of pyridine rings is 1. The van der Waals surface area contributed by atoms with Gasteiger partial charge in [0.1, 0.15) is 22.9 Å².